The van der Waals surface area contributed by atoms with E-state index in [0.717, 1.165) is 31.4 Å². The lowest BCUT2D eigenvalue weighted by Crippen LogP contribution is -2.46. The molecule has 27 heavy (non-hydrogen) atoms. The number of hydrogen-bond acceptors (Lipinski definition) is 2. The average molecular weight is 391 g/mol. The second-order valence-electron chi connectivity index (χ2n) is 11.5. The highest BCUT2D eigenvalue weighted by molar-refractivity contribution is 6.74. The van der Waals surface area contributed by atoms with Gasteiger partial charge in [0.15, 0.2) is 8.32 Å². The predicted molar refractivity (Wildman–Crippen MR) is 119 cm³/mol. The Bertz CT molecular complexity index is 651. The van der Waals surface area contributed by atoms with E-state index in [1.54, 1.807) is 0 Å². The van der Waals surface area contributed by atoms with E-state index in [1.165, 1.54) is 11.1 Å². The molecule has 1 aromatic carbocycles. The molecule has 1 aromatic rings. The molecule has 0 unspecified atom stereocenters. The van der Waals surface area contributed by atoms with Gasteiger partial charge < -0.3 is 9.16 Å². The minimum atomic E-state index is -1.87. The molecule has 3 heteroatoms. The van der Waals surface area contributed by atoms with E-state index in [4.69, 9.17) is 9.16 Å². The van der Waals surface area contributed by atoms with Crippen LogP contribution in [-0.4, -0.2) is 13.9 Å². The summed E-state index contributed by atoms with van der Waals surface area (Å²) in [7, 11) is -1.87. The van der Waals surface area contributed by atoms with Crippen molar-refractivity contribution in [2.75, 3.05) is 0 Å². The zero-order chi connectivity index (χ0) is 20.7. The molecule has 0 amide bonds. The van der Waals surface area contributed by atoms with Crippen LogP contribution >= 0.6 is 0 Å². The van der Waals surface area contributed by atoms with Gasteiger partial charge in [0.2, 0.25) is 0 Å². The summed E-state index contributed by atoms with van der Waals surface area (Å²) in [5, 5.41) is 0.204. The van der Waals surface area contributed by atoms with Gasteiger partial charge in [0.1, 0.15) is 11.4 Å². The van der Waals surface area contributed by atoms with Gasteiger partial charge in [-0.3, -0.25) is 0 Å². The van der Waals surface area contributed by atoms with Gasteiger partial charge in [0, 0.05) is 12.0 Å². The van der Waals surface area contributed by atoms with Crippen LogP contribution in [0.25, 0.3) is 0 Å². The highest BCUT2D eigenvalue weighted by Gasteiger charge is 2.44. The van der Waals surface area contributed by atoms with Crippen LogP contribution in [0.4, 0.5) is 0 Å². The first-order chi connectivity index (χ1) is 12.2. The molecule has 0 bridgehead atoms. The van der Waals surface area contributed by atoms with E-state index < -0.39 is 8.32 Å². The summed E-state index contributed by atoms with van der Waals surface area (Å²) in [6.45, 7) is 23.1. The summed E-state index contributed by atoms with van der Waals surface area (Å²) in [4.78, 5) is 0. The fourth-order valence-corrected chi connectivity index (χ4v) is 5.07. The zero-order valence-electron chi connectivity index (χ0n) is 19.5. The van der Waals surface area contributed by atoms with Gasteiger partial charge in [0.05, 0.1) is 6.10 Å². The summed E-state index contributed by atoms with van der Waals surface area (Å²) in [5.41, 5.74) is 2.78. The highest BCUT2D eigenvalue weighted by atomic mass is 28.4. The average Bonchev–Trinajstić information content (AvgIpc) is 2.44. The van der Waals surface area contributed by atoms with Crippen molar-refractivity contribution in [2.24, 2.45) is 5.41 Å². The van der Waals surface area contributed by atoms with Crippen LogP contribution in [0.15, 0.2) is 18.2 Å². The van der Waals surface area contributed by atoms with Crippen LogP contribution in [0.1, 0.15) is 91.9 Å². The van der Waals surface area contributed by atoms with Crippen molar-refractivity contribution in [3.8, 4) is 5.75 Å². The molecule has 0 saturated carbocycles. The molecule has 2 rings (SSSR count). The van der Waals surface area contributed by atoms with E-state index in [2.05, 4.69) is 86.7 Å². The Morgan fingerprint density at radius 1 is 1.15 bits per heavy atom. The summed E-state index contributed by atoms with van der Waals surface area (Å²) in [6.07, 6.45) is 4.33. The van der Waals surface area contributed by atoms with Crippen LogP contribution in [-0.2, 0) is 10.8 Å². The third-order valence-corrected chi connectivity index (χ3v) is 10.6. The van der Waals surface area contributed by atoms with E-state index >= 15 is 0 Å². The molecule has 1 aliphatic heterocycles. The standard InChI is InChI=1S/C24H42O2Si/c1-11-14-24(8)17-21(26-27(9,10)23(5,6)7)19-15-18(16-22(2,3)4)12-13-20(19)25-24/h12-13,15,21H,11,14,16-17H2,1-10H3/t21-,24+/m1/s1. The van der Waals surface area contributed by atoms with Gasteiger partial charge in [-0.05, 0) is 61.0 Å². The molecule has 2 nitrogen and oxygen atoms in total. The van der Waals surface area contributed by atoms with Crippen molar-refractivity contribution in [1.29, 1.82) is 0 Å². The summed E-state index contributed by atoms with van der Waals surface area (Å²) in [5.74, 6) is 1.03. The normalized spacial score (nSPS) is 23.7. The van der Waals surface area contributed by atoms with Crippen molar-refractivity contribution < 1.29 is 9.16 Å². The van der Waals surface area contributed by atoms with Crippen LogP contribution in [0.2, 0.25) is 18.1 Å². The topological polar surface area (TPSA) is 18.5 Å². The number of benzene rings is 1. The molecule has 0 aliphatic carbocycles. The Morgan fingerprint density at radius 3 is 2.30 bits per heavy atom. The Labute approximate surface area is 169 Å². The summed E-state index contributed by atoms with van der Waals surface area (Å²) < 4.78 is 13.5. The van der Waals surface area contributed by atoms with Gasteiger partial charge in [-0.25, -0.2) is 0 Å². The van der Waals surface area contributed by atoms with Crippen molar-refractivity contribution in [2.45, 2.75) is 111 Å². The quantitative estimate of drug-likeness (QED) is 0.480. The third-order valence-electron chi connectivity index (χ3n) is 6.15. The maximum absolute atomic E-state index is 6.96. The first-order valence-electron chi connectivity index (χ1n) is 10.7. The van der Waals surface area contributed by atoms with Crippen LogP contribution in [0.3, 0.4) is 0 Å². The molecule has 1 aliphatic rings. The molecule has 2 atom stereocenters. The maximum Gasteiger partial charge on any atom is 0.192 e. The van der Waals surface area contributed by atoms with Crippen molar-refractivity contribution in [3.63, 3.8) is 0 Å². The zero-order valence-corrected chi connectivity index (χ0v) is 20.5. The van der Waals surface area contributed by atoms with Crippen LogP contribution < -0.4 is 4.74 Å². The van der Waals surface area contributed by atoms with E-state index in [9.17, 15) is 0 Å². The molecule has 0 radical (unpaired) electrons. The van der Waals surface area contributed by atoms with Gasteiger partial charge in [0.25, 0.3) is 0 Å². The first-order valence-corrected chi connectivity index (χ1v) is 13.6. The monoisotopic (exact) mass is 390 g/mol. The first kappa shape index (κ1) is 22.5. The number of hydrogen-bond donors (Lipinski definition) is 0. The summed E-state index contributed by atoms with van der Waals surface area (Å²) >= 11 is 0. The van der Waals surface area contributed by atoms with Gasteiger partial charge >= 0.3 is 0 Å². The van der Waals surface area contributed by atoms with Crippen LogP contribution in [0, 0.1) is 5.41 Å². The lowest BCUT2D eigenvalue weighted by Gasteiger charge is -2.45. The number of ether oxygens (including phenoxy) is 1. The van der Waals surface area contributed by atoms with Gasteiger partial charge in [-0.15, -0.1) is 0 Å². The molecule has 0 spiro atoms. The molecule has 0 aromatic heterocycles. The number of rotatable bonds is 5. The molecule has 0 saturated heterocycles. The SMILES string of the molecule is CCC[C@@]1(C)C[C@@H](O[Si](C)(C)C(C)(C)C)c2cc(CC(C)(C)C)ccc2O1. The number of fused-ring (bicyclic) bond motifs is 1. The molecule has 0 fully saturated rings. The summed E-state index contributed by atoms with van der Waals surface area (Å²) in [6, 6.07) is 6.78. The van der Waals surface area contributed by atoms with E-state index in [-0.39, 0.29) is 22.2 Å². The van der Waals surface area contributed by atoms with Crippen LogP contribution in [0.5, 0.6) is 5.75 Å². The minimum Gasteiger partial charge on any atom is -0.487 e. The molecule has 154 valence electrons. The fourth-order valence-electron chi connectivity index (χ4n) is 3.79. The minimum absolute atomic E-state index is 0.131. The Balaban J connectivity index is 2.43. The largest absolute Gasteiger partial charge is 0.487 e. The predicted octanol–water partition coefficient (Wildman–Crippen LogP) is 7.68. The maximum atomic E-state index is 6.96. The molecule has 1 heterocycles. The fraction of sp³-hybridized carbons (Fsp3) is 0.750. The third kappa shape index (κ3) is 5.60. The Kier molecular flexibility index (Phi) is 6.29. The Hall–Kier alpha value is -0.803. The second kappa shape index (κ2) is 7.55. The smallest absolute Gasteiger partial charge is 0.192 e. The van der Waals surface area contributed by atoms with Gasteiger partial charge in [-0.2, -0.15) is 0 Å². The highest BCUT2D eigenvalue weighted by Crippen LogP contribution is 2.48. The van der Waals surface area contributed by atoms with E-state index in [0.29, 0.717) is 0 Å². The molecular weight excluding hydrogens is 348 g/mol. The Morgan fingerprint density at radius 2 is 1.78 bits per heavy atom. The lowest BCUT2D eigenvalue weighted by molar-refractivity contribution is -0.00285. The van der Waals surface area contributed by atoms with Crippen molar-refractivity contribution in [1.82, 2.24) is 0 Å². The second-order valence-corrected chi connectivity index (χ2v) is 16.2. The molecule has 0 N–H and O–H groups in total. The lowest BCUT2D eigenvalue weighted by atomic mass is 9.84. The van der Waals surface area contributed by atoms with Gasteiger partial charge in [-0.1, -0.05) is 61.0 Å². The van der Waals surface area contributed by atoms with E-state index in [1.807, 2.05) is 0 Å². The van der Waals surface area contributed by atoms with Crippen molar-refractivity contribution in [3.05, 3.63) is 29.3 Å². The van der Waals surface area contributed by atoms with Crippen molar-refractivity contribution >= 4 is 8.32 Å². The molecular formula is C24H42O2Si.